The number of para-hydroxylation sites is 1. The number of primary sulfonamides is 1. The molecule has 1 aliphatic heterocycles. The monoisotopic (exact) mass is 536 g/mol. The Bertz CT molecular complexity index is 1750. The van der Waals surface area contributed by atoms with Crippen LogP contribution in [0.4, 0.5) is 10.5 Å². The second-order valence-corrected chi connectivity index (χ2v) is 10.8. The first-order valence-corrected chi connectivity index (χ1v) is 13.3. The lowest BCUT2D eigenvalue weighted by atomic mass is 10.2. The number of amides is 2. The van der Waals surface area contributed by atoms with Crippen molar-refractivity contribution in [2.24, 2.45) is 12.2 Å². The van der Waals surface area contributed by atoms with Crippen molar-refractivity contribution in [2.75, 3.05) is 4.90 Å². The summed E-state index contributed by atoms with van der Waals surface area (Å²) in [5.74, 6) is 0.107. The molecule has 0 unspecified atom stereocenters. The Morgan fingerprint density at radius 3 is 2.27 bits per heavy atom. The number of benzene rings is 2. The molecule has 2 aromatic heterocycles. The average Bonchev–Trinajstić information content (AvgIpc) is 3.50. The van der Waals surface area contributed by atoms with Gasteiger partial charge in [-0.2, -0.15) is 0 Å². The molecule has 2 N–H and O–H groups in total. The van der Waals surface area contributed by atoms with Crippen LogP contribution in [0.3, 0.4) is 0 Å². The van der Waals surface area contributed by atoms with Gasteiger partial charge in [-0.3, -0.25) is 19.1 Å². The van der Waals surface area contributed by atoms with E-state index in [1.807, 2.05) is 6.07 Å². The van der Waals surface area contributed by atoms with E-state index in [1.165, 1.54) is 22.9 Å². The Kier molecular flexibility index (Phi) is 6.02. The van der Waals surface area contributed by atoms with Gasteiger partial charge >= 0.3 is 0 Å². The molecule has 12 heteroatoms. The first-order chi connectivity index (χ1) is 17.6. The quantitative estimate of drug-likeness (QED) is 0.385. The van der Waals surface area contributed by atoms with Crippen molar-refractivity contribution < 1.29 is 22.4 Å². The summed E-state index contributed by atoms with van der Waals surface area (Å²) in [5.41, 5.74) is 1.17. The second kappa shape index (κ2) is 9.07. The van der Waals surface area contributed by atoms with Crippen molar-refractivity contribution in [3.63, 3.8) is 0 Å². The molecule has 37 heavy (non-hydrogen) atoms. The third-order valence-electron chi connectivity index (χ3n) is 5.91. The molecule has 0 radical (unpaired) electrons. The van der Waals surface area contributed by atoms with Crippen LogP contribution in [-0.4, -0.2) is 28.9 Å². The highest BCUT2D eigenvalue weighted by molar-refractivity contribution is 8.19. The molecule has 0 atom stereocenters. The van der Waals surface area contributed by atoms with Gasteiger partial charge in [0, 0.05) is 18.7 Å². The molecule has 1 aliphatic rings. The lowest BCUT2D eigenvalue weighted by Gasteiger charge is -2.10. The number of imide groups is 1. The summed E-state index contributed by atoms with van der Waals surface area (Å²) in [6, 6.07) is 18.0. The summed E-state index contributed by atoms with van der Waals surface area (Å²) in [6.45, 7) is 1.67. The first kappa shape index (κ1) is 24.6. The van der Waals surface area contributed by atoms with E-state index in [1.54, 1.807) is 67.2 Å². The number of aromatic nitrogens is 2. The van der Waals surface area contributed by atoms with Crippen LogP contribution in [0, 0.1) is 6.92 Å². The SMILES string of the molecule is Cc1c(N2C(=O)S/C(=C\c3ccc(-c4ccc(S(N)(=O)=O)cc4)o3)C2=O)c(=O)n(-c2ccccc2)n1C. The van der Waals surface area contributed by atoms with Crippen molar-refractivity contribution in [3.05, 3.63) is 93.4 Å². The van der Waals surface area contributed by atoms with Gasteiger partial charge < -0.3 is 4.42 Å². The number of hydrogen-bond acceptors (Lipinski definition) is 7. The summed E-state index contributed by atoms with van der Waals surface area (Å²) in [5, 5.41) is 4.54. The van der Waals surface area contributed by atoms with Crippen molar-refractivity contribution in [1.29, 1.82) is 0 Å². The van der Waals surface area contributed by atoms with Gasteiger partial charge in [0.1, 0.15) is 17.2 Å². The number of thioether (sulfide) groups is 1. The maximum atomic E-state index is 13.3. The minimum absolute atomic E-state index is 0.00710. The fourth-order valence-corrected chi connectivity index (χ4v) is 5.32. The number of sulfonamides is 1. The Hall–Kier alpha value is -4.13. The van der Waals surface area contributed by atoms with Gasteiger partial charge in [0.25, 0.3) is 16.7 Å². The fraction of sp³-hybridized carbons (Fsp3) is 0.0800. The van der Waals surface area contributed by atoms with Crippen molar-refractivity contribution in [3.8, 4) is 17.0 Å². The van der Waals surface area contributed by atoms with Crippen molar-refractivity contribution in [1.82, 2.24) is 9.36 Å². The molecule has 2 amide bonds. The number of furan rings is 1. The van der Waals surface area contributed by atoms with Crippen LogP contribution in [0.25, 0.3) is 23.1 Å². The summed E-state index contributed by atoms with van der Waals surface area (Å²) < 4.78 is 31.7. The highest BCUT2D eigenvalue weighted by Gasteiger charge is 2.40. The highest BCUT2D eigenvalue weighted by Crippen LogP contribution is 2.36. The van der Waals surface area contributed by atoms with Gasteiger partial charge in [-0.1, -0.05) is 18.2 Å². The third-order valence-corrected chi connectivity index (χ3v) is 7.71. The maximum Gasteiger partial charge on any atom is 0.298 e. The predicted molar refractivity (Wildman–Crippen MR) is 140 cm³/mol. The summed E-state index contributed by atoms with van der Waals surface area (Å²) in [4.78, 5) is 40.4. The number of rotatable bonds is 5. The van der Waals surface area contributed by atoms with E-state index in [0.717, 1.165) is 4.90 Å². The van der Waals surface area contributed by atoms with Crippen molar-refractivity contribution in [2.45, 2.75) is 11.8 Å². The van der Waals surface area contributed by atoms with E-state index in [0.29, 0.717) is 40.2 Å². The molecule has 2 aromatic carbocycles. The van der Waals surface area contributed by atoms with Crippen LogP contribution >= 0.6 is 11.8 Å². The Balaban J connectivity index is 1.45. The normalized spacial score (nSPS) is 15.2. The molecule has 0 aliphatic carbocycles. The Morgan fingerprint density at radius 2 is 1.62 bits per heavy atom. The molecule has 10 nitrogen and oxygen atoms in total. The minimum Gasteiger partial charge on any atom is -0.457 e. The van der Waals surface area contributed by atoms with Crippen molar-refractivity contribution >= 4 is 44.7 Å². The van der Waals surface area contributed by atoms with E-state index >= 15 is 0 Å². The summed E-state index contributed by atoms with van der Waals surface area (Å²) >= 11 is 0.710. The zero-order chi connectivity index (χ0) is 26.5. The number of hydrogen-bond donors (Lipinski definition) is 1. The molecule has 188 valence electrons. The third kappa shape index (κ3) is 4.35. The molecular weight excluding hydrogens is 516 g/mol. The van der Waals surface area contributed by atoms with Crippen LogP contribution in [0.1, 0.15) is 11.5 Å². The fourth-order valence-electron chi connectivity index (χ4n) is 4.00. The summed E-state index contributed by atoms with van der Waals surface area (Å²) in [7, 11) is -2.13. The van der Waals surface area contributed by atoms with E-state index < -0.39 is 26.7 Å². The molecule has 1 saturated heterocycles. The zero-order valence-electron chi connectivity index (χ0n) is 19.6. The lowest BCUT2D eigenvalue weighted by molar-refractivity contribution is -0.113. The molecule has 5 rings (SSSR count). The largest absolute Gasteiger partial charge is 0.457 e. The standard InChI is InChI=1S/C25H20N4O6S2/c1-15-22(24(31)29(27(15)2)17-6-4-3-5-7-17)28-23(30)21(36-25(28)32)14-18-10-13-20(35-18)16-8-11-19(12-9-16)37(26,33)34/h3-14H,1-2H3,(H2,26,33,34)/b21-14-. The van der Waals surface area contributed by atoms with Gasteiger partial charge in [-0.15, -0.1) is 0 Å². The molecule has 1 fully saturated rings. The van der Waals surface area contributed by atoms with Gasteiger partial charge in [-0.05, 0) is 67.2 Å². The number of anilines is 1. The molecule has 0 saturated carbocycles. The van der Waals surface area contributed by atoms with Crippen LogP contribution < -0.4 is 15.6 Å². The average molecular weight is 537 g/mol. The maximum absolute atomic E-state index is 13.3. The Labute approximate surface area is 215 Å². The predicted octanol–water partition coefficient (Wildman–Crippen LogP) is 3.63. The van der Waals surface area contributed by atoms with Gasteiger partial charge in [0.2, 0.25) is 10.0 Å². The van der Waals surface area contributed by atoms with Crippen LogP contribution in [0.2, 0.25) is 0 Å². The van der Waals surface area contributed by atoms with Gasteiger partial charge in [0.05, 0.1) is 21.2 Å². The lowest BCUT2D eigenvalue weighted by Crippen LogP contribution is -2.33. The van der Waals surface area contributed by atoms with E-state index in [9.17, 15) is 22.8 Å². The Morgan fingerprint density at radius 1 is 0.946 bits per heavy atom. The van der Waals surface area contributed by atoms with Crippen LogP contribution in [0.15, 0.2) is 85.7 Å². The smallest absolute Gasteiger partial charge is 0.298 e. The van der Waals surface area contributed by atoms with E-state index in [2.05, 4.69) is 0 Å². The zero-order valence-corrected chi connectivity index (χ0v) is 21.2. The van der Waals surface area contributed by atoms with E-state index in [4.69, 9.17) is 9.56 Å². The van der Waals surface area contributed by atoms with Crippen LogP contribution in [0.5, 0.6) is 0 Å². The van der Waals surface area contributed by atoms with Crippen LogP contribution in [-0.2, 0) is 21.9 Å². The topological polar surface area (TPSA) is 138 Å². The molecule has 3 heterocycles. The highest BCUT2D eigenvalue weighted by atomic mass is 32.2. The molecule has 4 aromatic rings. The minimum atomic E-state index is -3.82. The van der Waals surface area contributed by atoms with E-state index in [-0.39, 0.29) is 15.5 Å². The summed E-state index contributed by atoms with van der Waals surface area (Å²) in [6.07, 6.45) is 1.43. The molecular formula is C25H20N4O6S2. The van der Waals surface area contributed by atoms with Gasteiger partial charge in [-0.25, -0.2) is 23.1 Å². The number of nitrogens with zero attached hydrogens (tertiary/aromatic N) is 3. The number of nitrogens with two attached hydrogens (primary N) is 1. The number of carbonyl (C=O) groups excluding carboxylic acids is 2. The molecule has 0 spiro atoms. The van der Waals surface area contributed by atoms with Gasteiger partial charge in [0.15, 0.2) is 0 Å². The first-order valence-electron chi connectivity index (χ1n) is 10.9. The molecule has 0 bridgehead atoms. The number of carbonyl (C=O) groups is 2. The second-order valence-electron chi connectivity index (χ2n) is 8.20.